The van der Waals surface area contributed by atoms with Crippen LogP contribution in [-0.4, -0.2) is 9.91 Å². The highest BCUT2D eigenvalue weighted by Crippen LogP contribution is 2.32. The van der Waals surface area contributed by atoms with Crippen molar-refractivity contribution in [3.05, 3.63) is 51.0 Å². The maximum atomic E-state index is 10.7. The molecule has 0 atom stereocenters. The SMILES string of the molecule is O=[N+]([O-])c1ccc2c(c1)[nH]c1cccc(Br)c12. The lowest BCUT2D eigenvalue weighted by Crippen LogP contribution is -1.86. The maximum Gasteiger partial charge on any atom is 0.271 e. The molecule has 0 saturated carbocycles. The van der Waals surface area contributed by atoms with Crippen molar-refractivity contribution in [1.29, 1.82) is 0 Å². The van der Waals surface area contributed by atoms with Crippen LogP contribution in [-0.2, 0) is 0 Å². The van der Waals surface area contributed by atoms with Crippen LogP contribution in [0.2, 0.25) is 0 Å². The molecule has 84 valence electrons. The van der Waals surface area contributed by atoms with Crippen LogP contribution in [0, 0.1) is 10.1 Å². The minimum atomic E-state index is -0.389. The third-order valence-corrected chi connectivity index (χ3v) is 3.43. The van der Waals surface area contributed by atoms with Gasteiger partial charge in [0.25, 0.3) is 5.69 Å². The number of nitro benzene ring substituents is 1. The normalized spacial score (nSPS) is 11.1. The van der Waals surface area contributed by atoms with Gasteiger partial charge in [0.05, 0.1) is 10.4 Å². The number of hydrogen-bond acceptors (Lipinski definition) is 2. The van der Waals surface area contributed by atoms with Gasteiger partial charge in [-0.05, 0) is 18.2 Å². The first-order valence-corrected chi connectivity index (χ1v) is 5.80. The smallest absolute Gasteiger partial charge is 0.271 e. The summed E-state index contributed by atoms with van der Waals surface area (Å²) in [6.07, 6.45) is 0. The van der Waals surface area contributed by atoms with Crippen molar-refractivity contribution in [2.75, 3.05) is 0 Å². The van der Waals surface area contributed by atoms with Gasteiger partial charge in [-0.3, -0.25) is 10.1 Å². The Labute approximate surface area is 105 Å². The van der Waals surface area contributed by atoms with Gasteiger partial charge >= 0.3 is 0 Å². The van der Waals surface area contributed by atoms with Gasteiger partial charge in [0.15, 0.2) is 0 Å². The number of rotatable bonds is 1. The highest BCUT2D eigenvalue weighted by Gasteiger charge is 2.11. The molecule has 17 heavy (non-hydrogen) atoms. The zero-order valence-electron chi connectivity index (χ0n) is 8.61. The number of nitrogens with zero attached hydrogens (tertiary/aromatic N) is 1. The molecule has 1 N–H and O–H groups in total. The lowest BCUT2D eigenvalue weighted by atomic mass is 10.1. The zero-order valence-corrected chi connectivity index (χ0v) is 10.2. The number of hydrogen-bond donors (Lipinski definition) is 1. The molecule has 0 unspecified atom stereocenters. The zero-order chi connectivity index (χ0) is 12.0. The van der Waals surface area contributed by atoms with Gasteiger partial charge in [-0.15, -0.1) is 0 Å². The number of fused-ring (bicyclic) bond motifs is 3. The van der Waals surface area contributed by atoms with Crippen LogP contribution in [0.15, 0.2) is 40.9 Å². The predicted octanol–water partition coefficient (Wildman–Crippen LogP) is 3.99. The number of aromatic nitrogens is 1. The van der Waals surface area contributed by atoms with Crippen molar-refractivity contribution >= 4 is 43.4 Å². The standard InChI is InChI=1S/C12H7BrN2O2/c13-9-2-1-3-10-12(9)8-5-4-7(15(16)17)6-11(8)14-10/h1-6,14H. The number of nitro groups is 1. The molecular formula is C12H7BrN2O2. The largest absolute Gasteiger partial charge is 0.354 e. The Hall–Kier alpha value is -1.88. The molecule has 0 aliphatic rings. The van der Waals surface area contributed by atoms with E-state index in [9.17, 15) is 10.1 Å². The summed E-state index contributed by atoms with van der Waals surface area (Å²) < 4.78 is 0.982. The highest BCUT2D eigenvalue weighted by atomic mass is 79.9. The summed E-state index contributed by atoms with van der Waals surface area (Å²) in [4.78, 5) is 13.5. The van der Waals surface area contributed by atoms with Gasteiger partial charge in [-0.25, -0.2) is 0 Å². The summed E-state index contributed by atoms with van der Waals surface area (Å²) in [5.74, 6) is 0. The molecule has 0 spiro atoms. The topological polar surface area (TPSA) is 58.9 Å². The molecule has 0 saturated heterocycles. The van der Waals surface area contributed by atoms with E-state index in [2.05, 4.69) is 20.9 Å². The van der Waals surface area contributed by atoms with Gasteiger partial charge in [-0.2, -0.15) is 0 Å². The summed E-state index contributed by atoms with van der Waals surface area (Å²) in [6.45, 7) is 0. The van der Waals surface area contributed by atoms with Crippen LogP contribution in [0.1, 0.15) is 0 Å². The van der Waals surface area contributed by atoms with Crippen LogP contribution in [0.3, 0.4) is 0 Å². The molecule has 2 aromatic carbocycles. The Morgan fingerprint density at radius 1 is 1.18 bits per heavy atom. The molecule has 0 amide bonds. The third kappa shape index (κ3) is 1.51. The molecule has 4 nitrogen and oxygen atoms in total. The van der Waals surface area contributed by atoms with Crippen LogP contribution in [0.4, 0.5) is 5.69 Å². The molecule has 1 aromatic heterocycles. The van der Waals surface area contributed by atoms with Crippen molar-refractivity contribution in [3.8, 4) is 0 Å². The molecular weight excluding hydrogens is 284 g/mol. The first-order valence-electron chi connectivity index (χ1n) is 5.01. The Morgan fingerprint density at radius 2 is 2.00 bits per heavy atom. The number of aromatic amines is 1. The van der Waals surface area contributed by atoms with E-state index in [0.29, 0.717) is 0 Å². The highest BCUT2D eigenvalue weighted by molar-refractivity contribution is 9.10. The van der Waals surface area contributed by atoms with Crippen LogP contribution in [0.5, 0.6) is 0 Å². The predicted molar refractivity (Wildman–Crippen MR) is 70.2 cm³/mol. The van der Waals surface area contributed by atoms with Gasteiger partial charge in [-0.1, -0.05) is 22.0 Å². The van der Waals surface area contributed by atoms with E-state index in [0.717, 1.165) is 26.3 Å². The molecule has 5 heteroatoms. The second kappa shape index (κ2) is 3.56. The van der Waals surface area contributed by atoms with Crippen molar-refractivity contribution in [2.24, 2.45) is 0 Å². The molecule has 3 rings (SSSR count). The van der Waals surface area contributed by atoms with E-state index in [1.807, 2.05) is 18.2 Å². The van der Waals surface area contributed by atoms with Gasteiger partial charge < -0.3 is 4.98 Å². The van der Waals surface area contributed by atoms with E-state index < -0.39 is 0 Å². The second-order valence-corrected chi connectivity index (χ2v) is 4.63. The monoisotopic (exact) mass is 290 g/mol. The lowest BCUT2D eigenvalue weighted by Gasteiger charge is -1.94. The average Bonchev–Trinajstić information content (AvgIpc) is 2.67. The Bertz CT molecular complexity index is 749. The molecule has 0 aliphatic heterocycles. The number of H-pyrrole nitrogens is 1. The van der Waals surface area contributed by atoms with Gasteiger partial charge in [0.1, 0.15) is 0 Å². The van der Waals surface area contributed by atoms with Crippen molar-refractivity contribution in [3.63, 3.8) is 0 Å². The van der Waals surface area contributed by atoms with Crippen molar-refractivity contribution < 1.29 is 4.92 Å². The summed E-state index contributed by atoms with van der Waals surface area (Å²) in [5.41, 5.74) is 1.84. The molecule has 1 heterocycles. The molecule has 0 aliphatic carbocycles. The van der Waals surface area contributed by atoms with Gasteiger partial charge in [0.2, 0.25) is 0 Å². The Morgan fingerprint density at radius 3 is 2.76 bits per heavy atom. The van der Waals surface area contributed by atoms with E-state index in [-0.39, 0.29) is 10.6 Å². The first kappa shape index (κ1) is 10.3. The maximum absolute atomic E-state index is 10.7. The fraction of sp³-hybridized carbons (Fsp3) is 0. The summed E-state index contributed by atoms with van der Waals surface area (Å²) in [6, 6.07) is 10.7. The Balaban J connectivity index is 2.44. The van der Waals surface area contributed by atoms with Crippen molar-refractivity contribution in [1.82, 2.24) is 4.98 Å². The molecule has 0 bridgehead atoms. The number of nitrogens with one attached hydrogen (secondary N) is 1. The van der Waals surface area contributed by atoms with Crippen LogP contribution < -0.4 is 0 Å². The quantitative estimate of drug-likeness (QED) is 0.544. The van der Waals surface area contributed by atoms with E-state index in [1.165, 1.54) is 6.07 Å². The van der Waals surface area contributed by atoms with Crippen LogP contribution >= 0.6 is 15.9 Å². The minimum absolute atomic E-state index is 0.0974. The Kier molecular flexibility index (Phi) is 2.16. The number of non-ortho nitro benzene ring substituents is 1. The number of halogens is 1. The molecule has 0 radical (unpaired) electrons. The second-order valence-electron chi connectivity index (χ2n) is 3.77. The first-order chi connectivity index (χ1) is 8.16. The third-order valence-electron chi connectivity index (χ3n) is 2.77. The van der Waals surface area contributed by atoms with E-state index >= 15 is 0 Å². The van der Waals surface area contributed by atoms with Crippen LogP contribution in [0.25, 0.3) is 21.8 Å². The fourth-order valence-electron chi connectivity index (χ4n) is 2.01. The average molecular weight is 291 g/mol. The molecule has 3 aromatic rings. The van der Waals surface area contributed by atoms with E-state index in [1.54, 1.807) is 12.1 Å². The van der Waals surface area contributed by atoms with E-state index in [4.69, 9.17) is 0 Å². The summed E-state index contributed by atoms with van der Waals surface area (Å²) >= 11 is 3.49. The van der Waals surface area contributed by atoms with Gasteiger partial charge in [0, 0.05) is 32.9 Å². The summed E-state index contributed by atoms with van der Waals surface area (Å²) in [7, 11) is 0. The lowest BCUT2D eigenvalue weighted by molar-refractivity contribution is -0.384. The number of benzene rings is 2. The summed E-state index contributed by atoms with van der Waals surface area (Å²) in [5, 5.41) is 12.7. The fourth-order valence-corrected chi connectivity index (χ4v) is 2.59. The molecule has 0 fully saturated rings. The van der Waals surface area contributed by atoms with Crippen molar-refractivity contribution in [2.45, 2.75) is 0 Å². The minimum Gasteiger partial charge on any atom is -0.354 e.